The van der Waals surface area contributed by atoms with Gasteiger partial charge in [0.2, 0.25) is 0 Å². The van der Waals surface area contributed by atoms with E-state index in [0.29, 0.717) is 13.2 Å². The van der Waals surface area contributed by atoms with Crippen LogP contribution in [0.5, 0.6) is 0 Å². The van der Waals surface area contributed by atoms with Crippen molar-refractivity contribution in [3.05, 3.63) is 0 Å². The first-order valence-electron chi connectivity index (χ1n) is 6.88. The SMILES string of the molecule is CC1CCCCN1S(=O)(=O)NCC1COC(C)(C)O1. The third-order valence-electron chi connectivity index (χ3n) is 3.61. The van der Waals surface area contributed by atoms with Gasteiger partial charge in [-0.1, -0.05) is 6.42 Å². The third kappa shape index (κ3) is 3.88. The van der Waals surface area contributed by atoms with Crippen molar-refractivity contribution in [1.82, 2.24) is 9.03 Å². The molecule has 0 spiro atoms. The molecule has 2 unspecified atom stereocenters. The van der Waals surface area contributed by atoms with E-state index in [9.17, 15) is 8.42 Å². The maximum atomic E-state index is 12.2. The smallest absolute Gasteiger partial charge is 0.279 e. The van der Waals surface area contributed by atoms with Gasteiger partial charge >= 0.3 is 0 Å². The van der Waals surface area contributed by atoms with Gasteiger partial charge in [-0.25, -0.2) is 0 Å². The van der Waals surface area contributed by atoms with Crippen molar-refractivity contribution in [2.75, 3.05) is 19.7 Å². The topological polar surface area (TPSA) is 67.9 Å². The van der Waals surface area contributed by atoms with Gasteiger partial charge in [0, 0.05) is 19.1 Å². The second-order valence-electron chi connectivity index (χ2n) is 5.76. The molecule has 0 saturated carbocycles. The van der Waals surface area contributed by atoms with E-state index in [2.05, 4.69) is 4.72 Å². The van der Waals surface area contributed by atoms with E-state index in [1.807, 2.05) is 20.8 Å². The van der Waals surface area contributed by atoms with E-state index >= 15 is 0 Å². The highest BCUT2D eigenvalue weighted by Gasteiger charge is 2.35. The monoisotopic (exact) mass is 292 g/mol. The van der Waals surface area contributed by atoms with Gasteiger partial charge in [0.05, 0.1) is 12.7 Å². The van der Waals surface area contributed by atoms with Crippen molar-refractivity contribution in [1.29, 1.82) is 0 Å². The predicted octanol–water partition coefficient (Wildman–Crippen LogP) is 0.847. The summed E-state index contributed by atoms with van der Waals surface area (Å²) < 4.78 is 39.7. The highest BCUT2D eigenvalue weighted by molar-refractivity contribution is 7.87. The molecular formula is C12H24N2O4S. The Morgan fingerprint density at radius 1 is 1.37 bits per heavy atom. The minimum absolute atomic E-state index is 0.0726. The van der Waals surface area contributed by atoms with Crippen molar-refractivity contribution in [3.63, 3.8) is 0 Å². The van der Waals surface area contributed by atoms with E-state index in [1.54, 1.807) is 4.31 Å². The van der Waals surface area contributed by atoms with Crippen LogP contribution in [0, 0.1) is 0 Å². The Bertz CT molecular complexity index is 410. The molecular weight excluding hydrogens is 268 g/mol. The molecule has 2 atom stereocenters. The number of nitrogens with zero attached hydrogens (tertiary/aromatic N) is 1. The molecule has 0 aromatic rings. The summed E-state index contributed by atoms with van der Waals surface area (Å²) in [6, 6.07) is 0.0726. The van der Waals surface area contributed by atoms with Crippen LogP contribution in [0.1, 0.15) is 40.0 Å². The van der Waals surface area contributed by atoms with Crippen molar-refractivity contribution < 1.29 is 17.9 Å². The van der Waals surface area contributed by atoms with Crippen LogP contribution in [0.4, 0.5) is 0 Å². The minimum atomic E-state index is -3.41. The molecule has 2 aliphatic heterocycles. The average Bonchev–Trinajstić information content (AvgIpc) is 2.67. The van der Waals surface area contributed by atoms with Crippen molar-refractivity contribution in [2.24, 2.45) is 0 Å². The molecule has 2 rings (SSSR count). The van der Waals surface area contributed by atoms with Gasteiger partial charge in [0.15, 0.2) is 5.79 Å². The van der Waals surface area contributed by atoms with Gasteiger partial charge in [0.1, 0.15) is 0 Å². The first-order chi connectivity index (χ1) is 8.80. The van der Waals surface area contributed by atoms with Crippen LogP contribution in [-0.4, -0.2) is 50.4 Å². The quantitative estimate of drug-likeness (QED) is 0.834. The number of ether oxygens (including phenoxy) is 2. The largest absolute Gasteiger partial charge is 0.348 e. The van der Waals surface area contributed by atoms with Crippen LogP contribution >= 0.6 is 0 Å². The summed E-state index contributed by atoms with van der Waals surface area (Å²) >= 11 is 0. The molecule has 0 amide bonds. The van der Waals surface area contributed by atoms with Crippen LogP contribution in [0.2, 0.25) is 0 Å². The summed E-state index contributed by atoms with van der Waals surface area (Å²) in [4.78, 5) is 0. The summed E-state index contributed by atoms with van der Waals surface area (Å²) in [7, 11) is -3.41. The normalized spacial score (nSPS) is 32.6. The van der Waals surface area contributed by atoms with E-state index in [0.717, 1.165) is 19.3 Å². The molecule has 2 aliphatic rings. The van der Waals surface area contributed by atoms with E-state index in [-0.39, 0.29) is 18.7 Å². The fraction of sp³-hybridized carbons (Fsp3) is 1.00. The predicted molar refractivity (Wildman–Crippen MR) is 71.8 cm³/mol. The highest BCUT2D eigenvalue weighted by Crippen LogP contribution is 2.23. The van der Waals surface area contributed by atoms with Gasteiger partial charge in [-0.05, 0) is 33.6 Å². The van der Waals surface area contributed by atoms with Crippen LogP contribution in [0.25, 0.3) is 0 Å². The molecule has 19 heavy (non-hydrogen) atoms. The molecule has 0 aromatic heterocycles. The average molecular weight is 292 g/mol. The molecule has 6 nitrogen and oxygen atoms in total. The van der Waals surface area contributed by atoms with Crippen molar-refractivity contribution >= 4 is 10.2 Å². The Hall–Kier alpha value is -0.210. The second kappa shape index (κ2) is 5.65. The number of hydrogen-bond acceptors (Lipinski definition) is 4. The first kappa shape index (κ1) is 15.2. The molecule has 112 valence electrons. The number of rotatable bonds is 4. The molecule has 0 aromatic carbocycles. The molecule has 2 saturated heterocycles. The zero-order valence-electron chi connectivity index (χ0n) is 11.9. The van der Waals surface area contributed by atoms with E-state index in [1.165, 1.54) is 0 Å². The molecule has 0 bridgehead atoms. The zero-order chi connectivity index (χ0) is 14.1. The van der Waals surface area contributed by atoms with Crippen molar-refractivity contribution in [2.45, 2.75) is 58.0 Å². The van der Waals surface area contributed by atoms with Crippen LogP contribution in [0.15, 0.2) is 0 Å². The molecule has 2 heterocycles. The Kier molecular flexibility index (Phi) is 4.52. The summed E-state index contributed by atoms with van der Waals surface area (Å²) in [5.41, 5.74) is 0. The lowest BCUT2D eigenvalue weighted by atomic mass is 10.1. The Balaban J connectivity index is 1.87. The van der Waals surface area contributed by atoms with E-state index in [4.69, 9.17) is 9.47 Å². The third-order valence-corrected chi connectivity index (χ3v) is 5.30. The van der Waals surface area contributed by atoms with Crippen LogP contribution in [-0.2, 0) is 19.7 Å². The molecule has 1 N–H and O–H groups in total. The molecule has 7 heteroatoms. The van der Waals surface area contributed by atoms with Crippen molar-refractivity contribution in [3.8, 4) is 0 Å². The van der Waals surface area contributed by atoms with Gasteiger partial charge in [-0.15, -0.1) is 0 Å². The molecule has 0 radical (unpaired) electrons. The van der Waals surface area contributed by atoms with Crippen LogP contribution in [0.3, 0.4) is 0 Å². The maximum Gasteiger partial charge on any atom is 0.279 e. The number of piperidine rings is 1. The number of nitrogens with one attached hydrogen (secondary N) is 1. The summed E-state index contributed by atoms with van der Waals surface area (Å²) in [6.45, 7) is 6.89. The van der Waals surface area contributed by atoms with Crippen LogP contribution < -0.4 is 4.72 Å². The number of hydrogen-bond donors (Lipinski definition) is 1. The van der Waals surface area contributed by atoms with Gasteiger partial charge in [0.25, 0.3) is 10.2 Å². The lowest BCUT2D eigenvalue weighted by Crippen LogP contribution is -2.49. The highest BCUT2D eigenvalue weighted by atomic mass is 32.2. The fourth-order valence-corrected chi connectivity index (χ4v) is 4.08. The Morgan fingerprint density at radius 3 is 2.68 bits per heavy atom. The maximum absolute atomic E-state index is 12.2. The Labute approximate surface area is 115 Å². The summed E-state index contributed by atoms with van der Waals surface area (Å²) in [6.07, 6.45) is 2.74. The van der Waals surface area contributed by atoms with Gasteiger partial charge in [-0.2, -0.15) is 17.4 Å². The van der Waals surface area contributed by atoms with E-state index < -0.39 is 16.0 Å². The minimum Gasteiger partial charge on any atom is -0.348 e. The van der Waals surface area contributed by atoms with Gasteiger partial charge in [-0.3, -0.25) is 0 Å². The Morgan fingerprint density at radius 2 is 2.11 bits per heavy atom. The summed E-state index contributed by atoms with van der Waals surface area (Å²) in [5, 5.41) is 0. The first-order valence-corrected chi connectivity index (χ1v) is 8.32. The standard InChI is InChI=1S/C12H24N2O4S/c1-10-6-4-5-7-14(10)19(15,16)13-8-11-9-17-12(2,3)18-11/h10-11,13H,4-9H2,1-3H3. The lowest BCUT2D eigenvalue weighted by Gasteiger charge is -2.32. The fourth-order valence-electron chi connectivity index (χ4n) is 2.57. The zero-order valence-corrected chi connectivity index (χ0v) is 12.7. The molecule has 0 aliphatic carbocycles. The lowest BCUT2D eigenvalue weighted by molar-refractivity contribution is -0.137. The van der Waals surface area contributed by atoms with Gasteiger partial charge < -0.3 is 9.47 Å². The second-order valence-corrected chi connectivity index (χ2v) is 7.47. The summed E-state index contributed by atoms with van der Waals surface area (Å²) in [5.74, 6) is -0.617. The molecule has 2 fully saturated rings.